The van der Waals surface area contributed by atoms with Crippen molar-refractivity contribution in [1.82, 2.24) is 0 Å². The van der Waals surface area contributed by atoms with Gasteiger partial charge in [0, 0.05) is 20.4 Å². The Balaban J connectivity index is 1.65. The Morgan fingerprint density at radius 3 is 1.55 bits per heavy atom. The van der Waals surface area contributed by atoms with E-state index >= 15 is 0 Å². The van der Waals surface area contributed by atoms with E-state index in [4.69, 9.17) is 0 Å². The first-order valence-corrected chi connectivity index (χ1v) is 12.7. The van der Waals surface area contributed by atoms with E-state index in [-0.39, 0.29) is 0 Å². The van der Waals surface area contributed by atoms with Gasteiger partial charge in [-0.1, -0.05) is 131 Å². The van der Waals surface area contributed by atoms with E-state index in [2.05, 4.69) is 64.5 Å². The Hall–Kier alpha value is -2.93. The molecule has 0 aliphatic carbocycles. The summed E-state index contributed by atoms with van der Waals surface area (Å²) < 4.78 is 15.6. The molecule has 31 heavy (non-hydrogen) atoms. The summed E-state index contributed by atoms with van der Waals surface area (Å²) in [6, 6.07) is 40.4. The third-order valence-corrected chi connectivity index (χ3v) is 9.42. The standard InChI is InChI=1S/C28H20BrOP/c29-28-20-19-25(26-13-7-8-14-27(26)28)21-15-17-24(18-16-21)31(30,22-9-3-1-4-10-22)23-11-5-2-6-12-23/h1-20H. The van der Waals surface area contributed by atoms with Crippen LogP contribution in [0.3, 0.4) is 0 Å². The topological polar surface area (TPSA) is 17.1 Å². The lowest BCUT2D eigenvalue weighted by molar-refractivity contribution is 0.592. The minimum Gasteiger partial charge on any atom is -0.309 e. The summed E-state index contributed by atoms with van der Waals surface area (Å²) in [7, 11) is -2.95. The molecule has 150 valence electrons. The molecular weight excluding hydrogens is 463 g/mol. The lowest BCUT2D eigenvalue weighted by atomic mass is 9.98. The normalized spacial score (nSPS) is 11.5. The van der Waals surface area contributed by atoms with Crippen LogP contribution in [-0.4, -0.2) is 0 Å². The second kappa shape index (κ2) is 8.30. The Kier molecular flexibility index (Phi) is 5.36. The Morgan fingerprint density at radius 2 is 0.968 bits per heavy atom. The number of rotatable bonds is 4. The van der Waals surface area contributed by atoms with Gasteiger partial charge in [0.2, 0.25) is 0 Å². The maximum Gasteiger partial charge on any atom is 0.171 e. The van der Waals surface area contributed by atoms with Gasteiger partial charge in [-0.25, -0.2) is 0 Å². The first-order valence-electron chi connectivity index (χ1n) is 10.2. The lowest BCUT2D eigenvalue weighted by Crippen LogP contribution is -2.24. The highest BCUT2D eigenvalue weighted by Crippen LogP contribution is 2.43. The summed E-state index contributed by atoms with van der Waals surface area (Å²) >= 11 is 3.66. The van der Waals surface area contributed by atoms with Crippen molar-refractivity contribution >= 4 is 49.8 Å². The predicted molar refractivity (Wildman–Crippen MR) is 136 cm³/mol. The van der Waals surface area contributed by atoms with Crippen LogP contribution in [0.25, 0.3) is 21.9 Å². The molecule has 5 aromatic carbocycles. The smallest absolute Gasteiger partial charge is 0.171 e. The fraction of sp³-hybridized carbons (Fsp3) is 0. The van der Waals surface area contributed by atoms with E-state index in [9.17, 15) is 4.57 Å². The molecule has 0 saturated carbocycles. The van der Waals surface area contributed by atoms with Gasteiger partial charge in [-0.15, -0.1) is 0 Å². The second-order valence-corrected chi connectivity index (χ2v) is 11.1. The third kappa shape index (κ3) is 3.57. The summed E-state index contributed by atoms with van der Waals surface area (Å²) in [6.45, 7) is 0. The first-order chi connectivity index (χ1) is 15.2. The summed E-state index contributed by atoms with van der Waals surface area (Å²) in [5.41, 5.74) is 2.28. The molecular formula is C28H20BrOP. The van der Waals surface area contributed by atoms with Crippen molar-refractivity contribution in [1.29, 1.82) is 0 Å². The van der Waals surface area contributed by atoms with Crippen molar-refractivity contribution in [3.63, 3.8) is 0 Å². The molecule has 0 aromatic heterocycles. The van der Waals surface area contributed by atoms with Crippen LogP contribution in [0.1, 0.15) is 0 Å². The lowest BCUT2D eigenvalue weighted by Gasteiger charge is -2.20. The van der Waals surface area contributed by atoms with Gasteiger partial charge in [-0.3, -0.25) is 0 Å². The Labute approximate surface area is 190 Å². The zero-order chi connectivity index (χ0) is 21.3. The van der Waals surface area contributed by atoms with Gasteiger partial charge >= 0.3 is 0 Å². The highest BCUT2D eigenvalue weighted by atomic mass is 79.9. The summed E-state index contributed by atoms with van der Waals surface area (Å²) in [4.78, 5) is 0. The van der Waals surface area contributed by atoms with Crippen LogP contribution in [0, 0.1) is 0 Å². The quantitative estimate of drug-likeness (QED) is 0.254. The van der Waals surface area contributed by atoms with E-state index in [1.165, 1.54) is 16.3 Å². The minimum absolute atomic E-state index is 0.843. The molecule has 0 aliphatic heterocycles. The van der Waals surface area contributed by atoms with E-state index < -0.39 is 7.14 Å². The molecule has 3 heteroatoms. The van der Waals surface area contributed by atoms with E-state index in [1.807, 2.05) is 72.8 Å². The summed E-state index contributed by atoms with van der Waals surface area (Å²) in [5, 5.41) is 4.92. The molecule has 0 radical (unpaired) electrons. The van der Waals surface area contributed by atoms with Gasteiger partial charge in [0.25, 0.3) is 0 Å². The SMILES string of the molecule is O=P(c1ccccc1)(c1ccccc1)c1ccc(-c2ccc(Br)c3ccccc23)cc1. The van der Waals surface area contributed by atoms with Crippen LogP contribution in [0.5, 0.6) is 0 Å². The summed E-state index contributed by atoms with van der Waals surface area (Å²) in [6.07, 6.45) is 0. The molecule has 0 aliphatic rings. The fourth-order valence-electron chi connectivity index (χ4n) is 4.09. The molecule has 0 fully saturated rings. The van der Waals surface area contributed by atoms with Crippen molar-refractivity contribution in [2.45, 2.75) is 0 Å². The number of benzene rings is 5. The largest absolute Gasteiger partial charge is 0.309 e. The predicted octanol–water partition coefficient (Wildman–Crippen LogP) is 6.91. The molecule has 0 spiro atoms. The molecule has 0 heterocycles. The van der Waals surface area contributed by atoms with Crippen LogP contribution >= 0.6 is 23.1 Å². The van der Waals surface area contributed by atoms with Gasteiger partial charge in [-0.2, -0.15) is 0 Å². The molecule has 5 rings (SSSR count). The van der Waals surface area contributed by atoms with Crippen molar-refractivity contribution < 1.29 is 4.57 Å². The third-order valence-electron chi connectivity index (χ3n) is 5.65. The van der Waals surface area contributed by atoms with Crippen LogP contribution in [0.2, 0.25) is 0 Å². The zero-order valence-electron chi connectivity index (χ0n) is 16.8. The second-order valence-electron chi connectivity index (χ2n) is 7.47. The van der Waals surface area contributed by atoms with Gasteiger partial charge < -0.3 is 4.57 Å². The van der Waals surface area contributed by atoms with Crippen LogP contribution in [-0.2, 0) is 4.57 Å². The molecule has 1 nitrogen and oxygen atoms in total. The van der Waals surface area contributed by atoms with Gasteiger partial charge in [0.15, 0.2) is 7.14 Å². The van der Waals surface area contributed by atoms with Crippen LogP contribution in [0.15, 0.2) is 126 Å². The van der Waals surface area contributed by atoms with Crippen LogP contribution < -0.4 is 15.9 Å². The Morgan fingerprint density at radius 1 is 0.484 bits per heavy atom. The molecule has 0 amide bonds. The van der Waals surface area contributed by atoms with Gasteiger partial charge in [0.05, 0.1) is 0 Å². The number of hydrogen-bond donors (Lipinski definition) is 0. The van der Waals surface area contributed by atoms with Crippen LogP contribution in [0.4, 0.5) is 0 Å². The molecule has 0 atom stereocenters. The van der Waals surface area contributed by atoms with Crippen molar-refractivity contribution in [2.24, 2.45) is 0 Å². The molecule has 5 aromatic rings. The first kappa shape index (κ1) is 20.0. The Bertz CT molecular complexity index is 1350. The molecule has 0 unspecified atom stereocenters. The average molecular weight is 483 g/mol. The average Bonchev–Trinajstić information content (AvgIpc) is 2.85. The number of fused-ring (bicyclic) bond motifs is 1. The number of hydrogen-bond acceptors (Lipinski definition) is 1. The maximum absolute atomic E-state index is 14.5. The van der Waals surface area contributed by atoms with Crippen molar-refractivity contribution in [2.75, 3.05) is 0 Å². The summed E-state index contributed by atoms with van der Waals surface area (Å²) in [5.74, 6) is 0. The van der Waals surface area contributed by atoms with Crippen molar-refractivity contribution in [3.05, 3.63) is 126 Å². The fourth-order valence-corrected chi connectivity index (χ4v) is 7.21. The zero-order valence-corrected chi connectivity index (χ0v) is 19.3. The number of halogens is 1. The van der Waals surface area contributed by atoms with Gasteiger partial charge in [0.1, 0.15) is 0 Å². The highest BCUT2D eigenvalue weighted by molar-refractivity contribution is 9.10. The molecule has 0 bridgehead atoms. The van der Waals surface area contributed by atoms with Crippen molar-refractivity contribution in [3.8, 4) is 11.1 Å². The van der Waals surface area contributed by atoms with Gasteiger partial charge in [-0.05, 0) is 28.0 Å². The van der Waals surface area contributed by atoms with E-state index in [1.54, 1.807) is 0 Å². The van der Waals surface area contributed by atoms with E-state index in [0.717, 1.165) is 25.9 Å². The monoisotopic (exact) mass is 482 g/mol. The molecule has 0 N–H and O–H groups in total. The molecule has 0 saturated heterocycles. The highest BCUT2D eigenvalue weighted by Gasteiger charge is 2.29. The minimum atomic E-state index is -2.95. The maximum atomic E-state index is 14.5. The van der Waals surface area contributed by atoms with E-state index in [0.29, 0.717) is 0 Å².